The van der Waals surface area contributed by atoms with Crippen molar-refractivity contribution < 1.29 is 9.18 Å². The van der Waals surface area contributed by atoms with Crippen LogP contribution in [-0.2, 0) is 6.54 Å². The minimum Gasteiger partial charge on any atom is -0.364 e. The van der Waals surface area contributed by atoms with Gasteiger partial charge in [-0.2, -0.15) is 0 Å². The molecule has 25 heavy (non-hydrogen) atoms. The number of amides is 1. The number of likely N-dealkylation sites (tertiary alicyclic amines) is 1. The van der Waals surface area contributed by atoms with Gasteiger partial charge in [0.25, 0.3) is 5.91 Å². The van der Waals surface area contributed by atoms with E-state index in [9.17, 15) is 9.18 Å². The van der Waals surface area contributed by atoms with Crippen molar-refractivity contribution in [2.45, 2.75) is 19.4 Å². The summed E-state index contributed by atoms with van der Waals surface area (Å²) >= 11 is 1.68. The third kappa shape index (κ3) is 3.27. The summed E-state index contributed by atoms with van der Waals surface area (Å²) in [6, 6.07) is 10.0. The number of hydrogen-bond acceptors (Lipinski definition) is 4. The van der Waals surface area contributed by atoms with Gasteiger partial charge in [-0.25, -0.2) is 9.37 Å². The van der Waals surface area contributed by atoms with Crippen LogP contribution in [0.1, 0.15) is 28.2 Å². The molecule has 128 valence electrons. The van der Waals surface area contributed by atoms with Crippen molar-refractivity contribution in [2.24, 2.45) is 5.73 Å². The zero-order valence-corrected chi connectivity index (χ0v) is 14.5. The topological polar surface area (TPSA) is 59.2 Å². The Labute approximate surface area is 149 Å². The van der Waals surface area contributed by atoms with E-state index < -0.39 is 5.91 Å². The van der Waals surface area contributed by atoms with Crippen molar-refractivity contribution in [1.29, 1.82) is 0 Å². The highest BCUT2D eigenvalue weighted by molar-refractivity contribution is 7.19. The van der Waals surface area contributed by atoms with Crippen LogP contribution in [0.2, 0.25) is 0 Å². The number of thiophene rings is 1. The molecule has 1 amide bonds. The first-order valence-corrected chi connectivity index (χ1v) is 9.13. The number of carbonyl (C=O) groups excluding carboxylic acids is 1. The molecule has 1 fully saturated rings. The molecule has 0 radical (unpaired) electrons. The van der Waals surface area contributed by atoms with E-state index in [0.717, 1.165) is 41.0 Å². The van der Waals surface area contributed by atoms with Crippen LogP contribution in [0.5, 0.6) is 0 Å². The smallest absolute Gasteiger partial charge is 0.267 e. The lowest BCUT2D eigenvalue weighted by molar-refractivity contribution is 0.0996. The van der Waals surface area contributed by atoms with Gasteiger partial charge < -0.3 is 5.73 Å². The molecule has 0 atom stereocenters. The fraction of sp³-hybridized carbons (Fsp3) is 0.263. The van der Waals surface area contributed by atoms with Gasteiger partial charge in [0.05, 0.1) is 10.2 Å². The summed E-state index contributed by atoms with van der Waals surface area (Å²) in [5.41, 5.74) is 8.18. The van der Waals surface area contributed by atoms with Gasteiger partial charge in [0.1, 0.15) is 11.5 Å². The highest BCUT2D eigenvalue weighted by atomic mass is 32.1. The maximum atomic E-state index is 13.3. The van der Waals surface area contributed by atoms with Crippen LogP contribution >= 0.6 is 11.3 Å². The Bertz CT molecular complexity index is 930. The molecule has 1 aromatic carbocycles. The highest BCUT2D eigenvalue weighted by Crippen LogP contribution is 2.35. The number of nitrogens with two attached hydrogens (primary N) is 1. The lowest BCUT2D eigenvalue weighted by atomic mass is 10.0. The molecule has 3 aromatic rings. The fourth-order valence-corrected chi connectivity index (χ4v) is 4.46. The van der Waals surface area contributed by atoms with Crippen molar-refractivity contribution in [2.75, 3.05) is 13.1 Å². The fourth-order valence-electron chi connectivity index (χ4n) is 3.28. The summed E-state index contributed by atoms with van der Waals surface area (Å²) in [5, 5.41) is 0. The molecule has 1 aliphatic heterocycles. The Balaban J connectivity index is 1.82. The summed E-state index contributed by atoms with van der Waals surface area (Å²) in [6.45, 7) is 3.15. The maximum Gasteiger partial charge on any atom is 0.267 e. The number of aromatic nitrogens is 1. The first kappa shape index (κ1) is 16.2. The van der Waals surface area contributed by atoms with Gasteiger partial charge in [-0.15, -0.1) is 11.3 Å². The van der Waals surface area contributed by atoms with Gasteiger partial charge in [-0.05, 0) is 55.8 Å². The van der Waals surface area contributed by atoms with E-state index in [-0.39, 0.29) is 11.5 Å². The monoisotopic (exact) mass is 355 g/mol. The van der Waals surface area contributed by atoms with Gasteiger partial charge in [0, 0.05) is 17.0 Å². The van der Waals surface area contributed by atoms with Crippen LogP contribution in [0.25, 0.3) is 21.3 Å². The Morgan fingerprint density at radius 2 is 1.92 bits per heavy atom. The minimum absolute atomic E-state index is 0.234. The van der Waals surface area contributed by atoms with E-state index >= 15 is 0 Å². The lowest BCUT2D eigenvalue weighted by Crippen LogP contribution is -2.17. The quantitative estimate of drug-likeness (QED) is 0.774. The standard InChI is InChI=1S/C19H18FN3OS/c20-13-5-3-12(4-6-13)15-10-17(19(21)24)22-16-9-14(25-18(15)16)11-23-7-1-2-8-23/h3-6,9-10H,1-2,7-8,11H2,(H2,21,24). The third-order valence-electron chi connectivity index (χ3n) is 4.52. The van der Waals surface area contributed by atoms with Crippen molar-refractivity contribution in [3.8, 4) is 11.1 Å². The molecule has 0 bridgehead atoms. The Morgan fingerprint density at radius 1 is 1.20 bits per heavy atom. The molecule has 1 saturated heterocycles. The molecule has 0 unspecified atom stereocenters. The molecule has 1 aliphatic rings. The van der Waals surface area contributed by atoms with E-state index in [1.165, 1.54) is 29.9 Å². The second kappa shape index (κ2) is 6.54. The Kier molecular flexibility index (Phi) is 4.23. The highest BCUT2D eigenvalue weighted by Gasteiger charge is 2.17. The second-order valence-corrected chi connectivity index (χ2v) is 7.47. The van der Waals surface area contributed by atoms with E-state index in [4.69, 9.17) is 5.73 Å². The third-order valence-corrected chi connectivity index (χ3v) is 5.66. The first-order valence-electron chi connectivity index (χ1n) is 8.32. The van der Waals surface area contributed by atoms with Gasteiger partial charge >= 0.3 is 0 Å². The molecular weight excluding hydrogens is 337 g/mol. The number of carbonyl (C=O) groups is 1. The van der Waals surface area contributed by atoms with Crippen LogP contribution in [0.3, 0.4) is 0 Å². The molecule has 0 saturated carbocycles. The van der Waals surface area contributed by atoms with Crippen molar-refractivity contribution in [3.05, 3.63) is 52.8 Å². The van der Waals surface area contributed by atoms with Gasteiger partial charge in [-0.3, -0.25) is 9.69 Å². The Hall–Kier alpha value is -2.31. The number of hydrogen-bond donors (Lipinski definition) is 1. The Morgan fingerprint density at radius 3 is 2.60 bits per heavy atom. The average Bonchev–Trinajstić information content (AvgIpc) is 3.24. The van der Waals surface area contributed by atoms with Crippen LogP contribution in [0.4, 0.5) is 4.39 Å². The largest absolute Gasteiger partial charge is 0.364 e. The van der Waals surface area contributed by atoms with Gasteiger partial charge in [-0.1, -0.05) is 12.1 Å². The molecule has 4 rings (SSSR count). The van der Waals surface area contributed by atoms with Gasteiger partial charge in [0.2, 0.25) is 0 Å². The zero-order chi connectivity index (χ0) is 17.4. The summed E-state index contributed by atoms with van der Waals surface area (Å²) in [4.78, 5) is 19.7. The van der Waals surface area contributed by atoms with Crippen molar-refractivity contribution in [1.82, 2.24) is 9.88 Å². The second-order valence-electron chi connectivity index (χ2n) is 6.34. The van der Waals surface area contributed by atoms with E-state index in [1.807, 2.05) is 6.07 Å². The number of nitrogens with zero attached hydrogens (tertiary/aromatic N) is 2. The zero-order valence-electron chi connectivity index (χ0n) is 13.7. The maximum absolute atomic E-state index is 13.3. The molecule has 0 spiro atoms. The van der Waals surface area contributed by atoms with Crippen molar-refractivity contribution >= 4 is 27.5 Å². The normalized spacial score (nSPS) is 15.1. The molecule has 2 N–H and O–H groups in total. The summed E-state index contributed by atoms with van der Waals surface area (Å²) < 4.78 is 14.3. The van der Waals surface area contributed by atoms with E-state index in [0.29, 0.717) is 0 Å². The number of primary amides is 1. The summed E-state index contributed by atoms with van der Waals surface area (Å²) in [5.74, 6) is -0.845. The van der Waals surface area contributed by atoms with Crippen LogP contribution in [0, 0.1) is 5.82 Å². The van der Waals surface area contributed by atoms with Crippen LogP contribution < -0.4 is 5.73 Å². The first-order chi connectivity index (χ1) is 12.1. The molecule has 3 heterocycles. The number of rotatable bonds is 4. The minimum atomic E-state index is -0.558. The number of pyridine rings is 1. The summed E-state index contributed by atoms with van der Waals surface area (Å²) in [6.07, 6.45) is 2.49. The molecule has 0 aliphatic carbocycles. The number of benzene rings is 1. The van der Waals surface area contributed by atoms with Crippen molar-refractivity contribution in [3.63, 3.8) is 0 Å². The number of halogens is 1. The predicted molar refractivity (Wildman–Crippen MR) is 98.0 cm³/mol. The van der Waals surface area contributed by atoms with Gasteiger partial charge in [0.15, 0.2) is 0 Å². The molecular formula is C19H18FN3OS. The summed E-state index contributed by atoms with van der Waals surface area (Å²) in [7, 11) is 0. The molecule has 2 aromatic heterocycles. The molecule has 6 heteroatoms. The average molecular weight is 355 g/mol. The van der Waals surface area contributed by atoms with Crippen LogP contribution in [-0.4, -0.2) is 28.9 Å². The lowest BCUT2D eigenvalue weighted by Gasteiger charge is -2.12. The van der Waals surface area contributed by atoms with E-state index in [1.54, 1.807) is 29.5 Å². The predicted octanol–water partition coefficient (Wildman–Crippen LogP) is 3.80. The van der Waals surface area contributed by atoms with E-state index in [2.05, 4.69) is 9.88 Å². The number of fused-ring (bicyclic) bond motifs is 1. The van der Waals surface area contributed by atoms with Crippen LogP contribution in [0.15, 0.2) is 36.4 Å². The SMILES string of the molecule is NC(=O)c1cc(-c2ccc(F)cc2)c2sc(CN3CCCC3)cc2n1. The molecule has 4 nitrogen and oxygen atoms in total.